The van der Waals surface area contributed by atoms with E-state index < -0.39 is 0 Å². The first-order chi connectivity index (χ1) is 18.5. The molecule has 204 valence electrons. The number of likely N-dealkylation sites (N-methyl/N-ethyl adjacent to an activating group) is 1. The highest BCUT2D eigenvalue weighted by Crippen LogP contribution is 2.56. The molecule has 0 unspecified atom stereocenters. The summed E-state index contributed by atoms with van der Waals surface area (Å²) in [4.78, 5) is 2.63. The summed E-state index contributed by atoms with van der Waals surface area (Å²) >= 11 is 0. The van der Waals surface area contributed by atoms with E-state index in [1.165, 1.54) is 88.3 Å². The zero-order valence-corrected chi connectivity index (χ0v) is 23.5. The molecular formula is C34H46N2O2. The lowest BCUT2D eigenvalue weighted by Gasteiger charge is -2.58. The lowest BCUT2D eigenvalue weighted by molar-refractivity contribution is 0.00274. The standard InChI is InChI=1S/C18H25NO.C16H21NO/c1-19-10-9-18-8-4-3-5-15(18)17(19)11-13-6-7-14(20-2)12-16(13)18;18-12-5-4-11-9-15-13-3-1-2-6-16(13,7-8-17-15)14(11)10-12/h6-7,12,15,17H,3-5,8-11H2,1-2H3;4-5,10,13,15,17-18H,1-3,6-9H2/t15-,17+,18+;13-,15+,16+/m00/s1. The van der Waals surface area contributed by atoms with E-state index in [1.54, 1.807) is 18.2 Å². The Morgan fingerprint density at radius 2 is 1.55 bits per heavy atom. The molecule has 2 saturated heterocycles. The van der Waals surface area contributed by atoms with Gasteiger partial charge in [0.25, 0.3) is 0 Å². The van der Waals surface area contributed by atoms with Gasteiger partial charge >= 0.3 is 0 Å². The van der Waals surface area contributed by atoms with Gasteiger partial charge in [0.2, 0.25) is 0 Å². The highest BCUT2D eigenvalue weighted by molar-refractivity contribution is 5.46. The second kappa shape index (κ2) is 9.55. The molecule has 4 bridgehead atoms. The fraction of sp³-hybridized carbons (Fsp3) is 0.647. The van der Waals surface area contributed by atoms with Crippen molar-refractivity contribution in [2.24, 2.45) is 11.8 Å². The topological polar surface area (TPSA) is 44.7 Å². The Morgan fingerprint density at radius 1 is 0.842 bits per heavy atom. The van der Waals surface area contributed by atoms with Gasteiger partial charge in [-0.3, -0.25) is 0 Å². The number of ether oxygens (including phenoxy) is 1. The summed E-state index contributed by atoms with van der Waals surface area (Å²) in [7, 11) is 4.12. The lowest BCUT2D eigenvalue weighted by atomic mass is 9.52. The van der Waals surface area contributed by atoms with Crippen LogP contribution in [0, 0.1) is 11.8 Å². The molecule has 4 fully saturated rings. The highest BCUT2D eigenvalue weighted by atomic mass is 16.5. The molecule has 2 saturated carbocycles. The predicted molar refractivity (Wildman–Crippen MR) is 153 cm³/mol. The number of likely N-dealkylation sites (tertiary alicyclic amines) is 1. The second-order valence-electron chi connectivity index (χ2n) is 13.4. The van der Waals surface area contributed by atoms with Gasteiger partial charge in [-0.1, -0.05) is 37.8 Å². The summed E-state index contributed by atoms with van der Waals surface area (Å²) in [5.74, 6) is 3.16. The van der Waals surface area contributed by atoms with Crippen LogP contribution in [0.3, 0.4) is 0 Å². The molecule has 0 radical (unpaired) electrons. The molecule has 2 N–H and O–H groups in total. The normalized spacial score (nSPS) is 36.9. The average Bonchev–Trinajstić information content (AvgIpc) is 2.95. The second-order valence-corrected chi connectivity index (χ2v) is 13.4. The number of methoxy groups -OCH3 is 1. The Balaban J connectivity index is 0.000000128. The van der Waals surface area contributed by atoms with Crippen LogP contribution in [-0.2, 0) is 23.7 Å². The SMILES string of the molecule is COc1ccc2c(c1)[C@@]13CCCC[C@H]1[C@@H](C2)N(C)CC3.Oc1ccc2c(c1)[C@@]13CCCC[C@H]1[C@@H](C2)NCC3. The number of nitrogens with zero attached hydrogens (tertiary/aromatic N) is 1. The Hall–Kier alpha value is -2.04. The Morgan fingerprint density at radius 3 is 2.37 bits per heavy atom. The number of phenolic OH excluding ortho intramolecular Hbond substituents is 1. The third kappa shape index (κ3) is 3.77. The van der Waals surface area contributed by atoms with Gasteiger partial charge in [0.05, 0.1) is 7.11 Å². The number of hydrogen-bond acceptors (Lipinski definition) is 4. The Labute approximate surface area is 229 Å². The van der Waals surface area contributed by atoms with Crippen molar-refractivity contribution >= 4 is 0 Å². The minimum Gasteiger partial charge on any atom is -0.508 e. The van der Waals surface area contributed by atoms with Crippen molar-refractivity contribution in [2.45, 2.75) is 100.0 Å². The number of hydrogen-bond donors (Lipinski definition) is 2. The third-order valence-electron chi connectivity index (χ3n) is 12.0. The molecule has 2 aromatic carbocycles. The number of phenols is 1. The van der Waals surface area contributed by atoms with Crippen LogP contribution in [-0.4, -0.2) is 49.3 Å². The van der Waals surface area contributed by atoms with E-state index in [4.69, 9.17) is 4.74 Å². The van der Waals surface area contributed by atoms with Crippen LogP contribution in [0.5, 0.6) is 11.5 Å². The van der Waals surface area contributed by atoms with Gasteiger partial charge in [-0.05, 0) is 130 Å². The third-order valence-corrected chi connectivity index (χ3v) is 12.0. The Kier molecular flexibility index (Phi) is 6.28. The molecule has 0 spiro atoms. The van der Waals surface area contributed by atoms with E-state index >= 15 is 0 Å². The van der Waals surface area contributed by atoms with Crippen LogP contribution in [0.1, 0.15) is 86.5 Å². The van der Waals surface area contributed by atoms with E-state index in [1.807, 2.05) is 6.07 Å². The molecule has 4 heteroatoms. The van der Waals surface area contributed by atoms with Gasteiger partial charge in [-0.15, -0.1) is 0 Å². The molecule has 38 heavy (non-hydrogen) atoms. The van der Waals surface area contributed by atoms with Crippen molar-refractivity contribution in [1.29, 1.82) is 0 Å². The van der Waals surface area contributed by atoms with Gasteiger partial charge in [-0.2, -0.15) is 0 Å². The number of benzene rings is 2. The number of nitrogens with one attached hydrogen (secondary N) is 1. The number of piperidine rings is 2. The molecule has 2 aliphatic heterocycles. The Bertz CT molecular complexity index is 1190. The average molecular weight is 515 g/mol. The highest BCUT2D eigenvalue weighted by Gasteiger charge is 2.53. The maximum absolute atomic E-state index is 9.86. The van der Waals surface area contributed by atoms with Gasteiger partial charge < -0.3 is 20.1 Å². The summed E-state index contributed by atoms with van der Waals surface area (Å²) < 4.78 is 5.51. The van der Waals surface area contributed by atoms with Crippen molar-refractivity contribution in [2.75, 3.05) is 27.2 Å². The molecular weight excluding hydrogens is 468 g/mol. The number of fused-ring (bicyclic) bond motifs is 2. The zero-order valence-electron chi connectivity index (χ0n) is 23.5. The van der Waals surface area contributed by atoms with E-state index in [9.17, 15) is 5.11 Å². The van der Waals surface area contributed by atoms with Crippen LogP contribution in [0.15, 0.2) is 36.4 Å². The van der Waals surface area contributed by atoms with Crippen LogP contribution < -0.4 is 10.1 Å². The molecule has 2 aromatic rings. The maximum atomic E-state index is 9.86. The summed E-state index contributed by atoms with van der Waals surface area (Å²) in [6, 6.07) is 14.3. The zero-order chi connectivity index (χ0) is 25.9. The fourth-order valence-corrected chi connectivity index (χ4v) is 10.2. The van der Waals surface area contributed by atoms with E-state index in [0.29, 0.717) is 22.6 Å². The largest absolute Gasteiger partial charge is 0.508 e. The first-order valence-corrected chi connectivity index (χ1v) is 15.5. The smallest absolute Gasteiger partial charge is 0.119 e. The van der Waals surface area contributed by atoms with E-state index in [-0.39, 0.29) is 0 Å². The maximum Gasteiger partial charge on any atom is 0.119 e. The van der Waals surface area contributed by atoms with Crippen LogP contribution in [0.4, 0.5) is 0 Å². The summed E-state index contributed by atoms with van der Waals surface area (Å²) in [5, 5.41) is 13.6. The van der Waals surface area contributed by atoms with Crippen molar-refractivity contribution in [1.82, 2.24) is 10.2 Å². The molecule has 2 heterocycles. The minimum absolute atomic E-state index is 0.375. The van der Waals surface area contributed by atoms with Crippen LogP contribution in [0.25, 0.3) is 0 Å². The molecule has 4 nitrogen and oxygen atoms in total. The fourth-order valence-electron chi connectivity index (χ4n) is 10.2. The van der Waals surface area contributed by atoms with Gasteiger partial charge in [-0.25, -0.2) is 0 Å². The van der Waals surface area contributed by atoms with Crippen LogP contribution in [0.2, 0.25) is 0 Å². The number of aromatic hydroxyl groups is 1. The molecule has 6 aliphatic rings. The number of rotatable bonds is 1. The first-order valence-electron chi connectivity index (χ1n) is 15.5. The predicted octanol–water partition coefficient (Wildman–Crippen LogP) is 6.12. The van der Waals surface area contributed by atoms with Crippen molar-refractivity contribution in [3.05, 3.63) is 58.7 Å². The summed E-state index contributed by atoms with van der Waals surface area (Å²) in [5.41, 5.74) is 7.00. The molecule has 0 amide bonds. The monoisotopic (exact) mass is 514 g/mol. The summed E-state index contributed by atoms with van der Waals surface area (Å²) in [6.07, 6.45) is 16.1. The lowest BCUT2D eigenvalue weighted by Crippen LogP contribution is -2.59. The van der Waals surface area contributed by atoms with Crippen molar-refractivity contribution in [3.63, 3.8) is 0 Å². The molecule has 8 rings (SSSR count). The van der Waals surface area contributed by atoms with Gasteiger partial charge in [0.15, 0.2) is 0 Å². The first kappa shape index (κ1) is 25.0. The minimum atomic E-state index is 0.375. The molecule has 0 aromatic heterocycles. The van der Waals surface area contributed by atoms with E-state index in [2.05, 4.69) is 47.6 Å². The molecule has 6 atom stereocenters. The van der Waals surface area contributed by atoms with Gasteiger partial charge in [0.1, 0.15) is 11.5 Å². The van der Waals surface area contributed by atoms with Crippen LogP contribution >= 0.6 is 0 Å². The summed E-state index contributed by atoms with van der Waals surface area (Å²) in [6.45, 7) is 2.41. The van der Waals surface area contributed by atoms with Gasteiger partial charge in [0, 0.05) is 22.9 Å². The van der Waals surface area contributed by atoms with Crippen molar-refractivity contribution < 1.29 is 9.84 Å². The van der Waals surface area contributed by atoms with E-state index in [0.717, 1.165) is 36.6 Å². The molecule has 4 aliphatic carbocycles. The quantitative estimate of drug-likeness (QED) is 0.481. The van der Waals surface area contributed by atoms with Crippen molar-refractivity contribution in [3.8, 4) is 11.5 Å².